The highest BCUT2D eigenvalue weighted by Gasteiger charge is 2.00. The van der Waals surface area contributed by atoms with Crippen molar-refractivity contribution in [3.8, 4) is 0 Å². The largest absolute Gasteiger partial charge is 0.347 e. The van der Waals surface area contributed by atoms with Gasteiger partial charge in [0.2, 0.25) is 5.91 Å². The molecule has 1 heterocycles. The Morgan fingerprint density at radius 2 is 2.38 bits per heavy atom. The second-order valence-corrected chi connectivity index (χ2v) is 2.78. The van der Waals surface area contributed by atoms with Crippen molar-refractivity contribution in [1.29, 1.82) is 0 Å². The molecule has 0 aliphatic heterocycles. The Hall–Kier alpha value is -1.64. The summed E-state index contributed by atoms with van der Waals surface area (Å²) < 4.78 is 0. The summed E-state index contributed by atoms with van der Waals surface area (Å²) in [6, 6.07) is 5.58. The topological polar surface area (TPSA) is 42.0 Å². The van der Waals surface area contributed by atoms with Crippen molar-refractivity contribution in [3.63, 3.8) is 0 Å². The second-order valence-electron chi connectivity index (χ2n) is 2.78. The van der Waals surface area contributed by atoms with Crippen LogP contribution in [0.4, 0.5) is 0 Å². The van der Waals surface area contributed by atoms with E-state index in [2.05, 4.69) is 16.9 Å². The fourth-order valence-electron chi connectivity index (χ4n) is 0.824. The van der Waals surface area contributed by atoms with Gasteiger partial charge in [0.15, 0.2) is 0 Å². The van der Waals surface area contributed by atoms with Crippen molar-refractivity contribution in [2.45, 2.75) is 13.5 Å². The molecule has 0 aliphatic carbocycles. The van der Waals surface area contributed by atoms with Gasteiger partial charge >= 0.3 is 0 Å². The summed E-state index contributed by atoms with van der Waals surface area (Å²) in [5.41, 5.74) is 1.35. The van der Waals surface area contributed by atoms with Gasteiger partial charge in [-0.15, -0.1) is 0 Å². The molecule has 3 heteroatoms. The quantitative estimate of drug-likeness (QED) is 0.705. The summed E-state index contributed by atoms with van der Waals surface area (Å²) in [6.07, 6.45) is 1.70. The van der Waals surface area contributed by atoms with Crippen molar-refractivity contribution in [2.75, 3.05) is 0 Å². The molecule has 0 radical (unpaired) electrons. The van der Waals surface area contributed by atoms with Gasteiger partial charge in [0.25, 0.3) is 0 Å². The SMILES string of the molecule is C=C(C)C(=O)NCc1ccccn1. The Bertz CT molecular complexity index is 306. The number of carbonyl (C=O) groups is 1. The van der Waals surface area contributed by atoms with E-state index >= 15 is 0 Å². The highest BCUT2D eigenvalue weighted by Crippen LogP contribution is 1.93. The molecule has 0 bridgehead atoms. The molecule has 0 unspecified atom stereocenters. The predicted molar refractivity (Wildman–Crippen MR) is 50.9 cm³/mol. The zero-order chi connectivity index (χ0) is 9.68. The summed E-state index contributed by atoms with van der Waals surface area (Å²) in [7, 11) is 0. The maximum atomic E-state index is 11.1. The number of pyridine rings is 1. The number of rotatable bonds is 3. The molecule has 0 fully saturated rings. The smallest absolute Gasteiger partial charge is 0.246 e. The van der Waals surface area contributed by atoms with Crippen LogP contribution in [-0.4, -0.2) is 10.9 Å². The molecule has 1 N–H and O–H groups in total. The van der Waals surface area contributed by atoms with Gasteiger partial charge in [-0.25, -0.2) is 0 Å². The molecular formula is C10H12N2O. The van der Waals surface area contributed by atoms with E-state index in [0.717, 1.165) is 5.69 Å². The van der Waals surface area contributed by atoms with E-state index in [-0.39, 0.29) is 5.91 Å². The maximum absolute atomic E-state index is 11.1. The first-order chi connectivity index (χ1) is 6.20. The van der Waals surface area contributed by atoms with Crippen molar-refractivity contribution in [2.24, 2.45) is 0 Å². The van der Waals surface area contributed by atoms with Crippen LogP contribution in [0, 0.1) is 0 Å². The van der Waals surface area contributed by atoms with E-state index in [9.17, 15) is 4.79 Å². The number of amides is 1. The zero-order valence-electron chi connectivity index (χ0n) is 7.58. The average Bonchev–Trinajstić information content (AvgIpc) is 2.15. The van der Waals surface area contributed by atoms with Gasteiger partial charge in [-0.3, -0.25) is 9.78 Å². The molecule has 0 aromatic carbocycles. The average molecular weight is 176 g/mol. The molecule has 68 valence electrons. The minimum absolute atomic E-state index is 0.134. The van der Waals surface area contributed by atoms with Crippen molar-refractivity contribution in [1.82, 2.24) is 10.3 Å². The molecule has 0 atom stereocenters. The van der Waals surface area contributed by atoms with Gasteiger partial charge in [0.05, 0.1) is 12.2 Å². The minimum atomic E-state index is -0.134. The number of aromatic nitrogens is 1. The van der Waals surface area contributed by atoms with E-state index in [4.69, 9.17) is 0 Å². The fraction of sp³-hybridized carbons (Fsp3) is 0.200. The Morgan fingerprint density at radius 3 is 2.92 bits per heavy atom. The molecule has 1 aromatic heterocycles. The molecule has 1 amide bonds. The minimum Gasteiger partial charge on any atom is -0.347 e. The third kappa shape index (κ3) is 3.07. The van der Waals surface area contributed by atoms with Crippen LogP contribution in [0.1, 0.15) is 12.6 Å². The van der Waals surface area contributed by atoms with Crippen molar-refractivity contribution in [3.05, 3.63) is 42.2 Å². The first-order valence-corrected chi connectivity index (χ1v) is 4.04. The highest BCUT2D eigenvalue weighted by atomic mass is 16.1. The van der Waals surface area contributed by atoms with Crippen LogP contribution in [0.3, 0.4) is 0 Å². The number of nitrogens with one attached hydrogen (secondary N) is 1. The third-order valence-electron chi connectivity index (χ3n) is 1.54. The lowest BCUT2D eigenvalue weighted by atomic mass is 10.3. The fourth-order valence-corrected chi connectivity index (χ4v) is 0.824. The lowest BCUT2D eigenvalue weighted by Crippen LogP contribution is -2.23. The lowest BCUT2D eigenvalue weighted by molar-refractivity contribution is -0.117. The van der Waals surface area contributed by atoms with E-state index in [1.54, 1.807) is 13.1 Å². The number of hydrogen-bond donors (Lipinski definition) is 1. The second kappa shape index (κ2) is 4.40. The van der Waals surface area contributed by atoms with Gasteiger partial charge in [0.1, 0.15) is 0 Å². The number of nitrogens with zero attached hydrogens (tertiary/aromatic N) is 1. The Morgan fingerprint density at radius 1 is 1.62 bits per heavy atom. The monoisotopic (exact) mass is 176 g/mol. The first kappa shape index (κ1) is 9.45. The third-order valence-corrected chi connectivity index (χ3v) is 1.54. The molecule has 0 aliphatic rings. The Labute approximate surface area is 77.5 Å². The van der Waals surface area contributed by atoms with E-state index in [1.807, 2.05) is 18.2 Å². The highest BCUT2D eigenvalue weighted by molar-refractivity contribution is 5.91. The zero-order valence-corrected chi connectivity index (χ0v) is 7.58. The van der Waals surface area contributed by atoms with Crippen LogP contribution in [0.2, 0.25) is 0 Å². The van der Waals surface area contributed by atoms with Crippen LogP contribution in [0.15, 0.2) is 36.5 Å². The molecule has 0 saturated heterocycles. The summed E-state index contributed by atoms with van der Waals surface area (Å²) in [5.74, 6) is -0.134. The maximum Gasteiger partial charge on any atom is 0.246 e. The van der Waals surface area contributed by atoms with Crippen LogP contribution in [0.5, 0.6) is 0 Å². The summed E-state index contributed by atoms with van der Waals surface area (Å²) in [4.78, 5) is 15.1. The van der Waals surface area contributed by atoms with E-state index in [0.29, 0.717) is 12.1 Å². The van der Waals surface area contributed by atoms with E-state index < -0.39 is 0 Å². The standard InChI is InChI=1S/C10H12N2O/c1-8(2)10(13)12-7-9-5-3-4-6-11-9/h3-6H,1,7H2,2H3,(H,12,13). The van der Waals surface area contributed by atoms with Crippen LogP contribution < -0.4 is 5.32 Å². The van der Waals surface area contributed by atoms with Gasteiger partial charge in [-0.05, 0) is 19.1 Å². The molecule has 1 aromatic rings. The first-order valence-electron chi connectivity index (χ1n) is 4.04. The van der Waals surface area contributed by atoms with Gasteiger partial charge in [0, 0.05) is 11.8 Å². The van der Waals surface area contributed by atoms with Gasteiger partial charge < -0.3 is 5.32 Å². The number of carbonyl (C=O) groups excluding carboxylic acids is 1. The van der Waals surface area contributed by atoms with Crippen molar-refractivity contribution >= 4 is 5.91 Å². The van der Waals surface area contributed by atoms with Crippen LogP contribution in [-0.2, 0) is 11.3 Å². The lowest BCUT2D eigenvalue weighted by Gasteiger charge is -2.02. The molecule has 13 heavy (non-hydrogen) atoms. The van der Waals surface area contributed by atoms with Crippen LogP contribution >= 0.6 is 0 Å². The Balaban J connectivity index is 2.44. The normalized spacial score (nSPS) is 9.31. The molecule has 1 rings (SSSR count). The van der Waals surface area contributed by atoms with Gasteiger partial charge in [-0.1, -0.05) is 12.6 Å². The molecular weight excluding hydrogens is 164 g/mol. The summed E-state index contributed by atoms with van der Waals surface area (Å²) in [5, 5.41) is 2.70. The molecule has 0 spiro atoms. The van der Waals surface area contributed by atoms with Crippen LogP contribution in [0.25, 0.3) is 0 Å². The molecule has 0 saturated carbocycles. The summed E-state index contributed by atoms with van der Waals surface area (Å²) in [6.45, 7) is 5.66. The van der Waals surface area contributed by atoms with E-state index in [1.165, 1.54) is 0 Å². The Kier molecular flexibility index (Phi) is 3.20. The van der Waals surface area contributed by atoms with Crippen molar-refractivity contribution < 1.29 is 4.79 Å². The predicted octanol–water partition coefficient (Wildman–Crippen LogP) is 1.27. The summed E-state index contributed by atoms with van der Waals surface area (Å²) >= 11 is 0. The van der Waals surface area contributed by atoms with Gasteiger partial charge in [-0.2, -0.15) is 0 Å². The number of hydrogen-bond acceptors (Lipinski definition) is 2. The molecule has 3 nitrogen and oxygen atoms in total.